The van der Waals surface area contributed by atoms with Crippen molar-refractivity contribution >= 4 is 54.3 Å². The first kappa shape index (κ1) is 23.1. The van der Waals surface area contributed by atoms with Crippen LogP contribution < -0.4 is 0 Å². The molecule has 0 atom stereocenters. The summed E-state index contributed by atoms with van der Waals surface area (Å²) in [6.45, 7) is 0. The third-order valence-corrected chi connectivity index (χ3v) is 8.66. The van der Waals surface area contributed by atoms with Crippen molar-refractivity contribution in [3.05, 3.63) is 158 Å². The summed E-state index contributed by atoms with van der Waals surface area (Å²) in [5, 5.41) is 8.79. The van der Waals surface area contributed by atoms with E-state index in [1.54, 1.807) is 0 Å². The van der Waals surface area contributed by atoms with E-state index in [1.165, 1.54) is 71.1 Å². The highest BCUT2D eigenvalue weighted by Crippen LogP contribution is 2.42. The van der Waals surface area contributed by atoms with Gasteiger partial charge in [0, 0.05) is 39.3 Å². The number of rotatable bonds is 3. The number of hydrogen-bond donors (Lipinski definition) is 0. The largest absolute Gasteiger partial charge is 0.314 e. The molecule has 0 aliphatic rings. The Morgan fingerprint density at radius 2 is 1.02 bits per heavy atom. The lowest BCUT2D eigenvalue weighted by molar-refractivity contribution is 1.12. The fourth-order valence-corrected chi connectivity index (χ4v) is 6.74. The first-order valence-electron chi connectivity index (χ1n) is 14.4. The van der Waals surface area contributed by atoms with Crippen molar-refractivity contribution in [3.8, 4) is 22.5 Å². The summed E-state index contributed by atoms with van der Waals surface area (Å²) in [5.41, 5.74) is 8.42. The predicted octanol–water partition coefficient (Wildman–Crippen LogP) is 10.7. The van der Waals surface area contributed by atoms with Gasteiger partial charge < -0.3 is 9.13 Å². The molecular weight excluding hydrogens is 508 g/mol. The molecule has 0 saturated carbocycles. The average molecular weight is 535 g/mol. The third-order valence-electron chi connectivity index (χ3n) is 8.66. The van der Waals surface area contributed by atoms with Crippen LogP contribution in [0.15, 0.2) is 158 Å². The Balaban J connectivity index is 1.44. The van der Waals surface area contributed by atoms with Crippen LogP contribution in [-0.2, 0) is 0 Å². The number of para-hydroxylation sites is 2. The first-order chi connectivity index (χ1) is 20.8. The van der Waals surface area contributed by atoms with E-state index in [-0.39, 0.29) is 0 Å². The highest BCUT2D eigenvalue weighted by molar-refractivity contribution is 6.20. The van der Waals surface area contributed by atoms with Gasteiger partial charge in [-0.15, -0.1) is 0 Å². The first-order valence-corrected chi connectivity index (χ1v) is 14.4. The summed E-state index contributed by atoms with van der Waals surface area (Å²) in [7, 11) is 0. The van der Waals surface area contributed by atoms with Crippen molar-refractivity contribution < 1.29 is 0 Å². The maximum atomic E-state index is 2.47. The van der Waals surface area contributed by atoms with Crippen LogP contribution in [0.5, 0.6) is 0 Å². The number of nitrogens with zero attached hydrogens (tertiary/aromatic N) is 2. The molecule has 0 saturated heterocycles. The Bertz CT molecular complexity index is 2440. The zero-order valence-electron chi connectivity index (χ0n) is 22.9. The van der Waals surface area contributed by atoms with Crippen LogP contribution in [-0.4, -0.2) is 9.13 Å². The van der Waals surface area contributed by atoms with E-state index in [1.807, 2.05) is 0 Å². The summed E-state index contributed by atoms with van der Waals surface area (Å²) in [5.74, 6) is 0. The van der Waals surface area contributed by atoms with Gasteiger partial charge in [0.2, 0.25) is 0 Å². The Morgan fingerprint density at radius 3 is 1.83 bits per heavy atom. The van der Waals surface area contributed by atoms with Gasteiger partial charge in [0.05, 0.1) is 16.6 Å². The van der Waals surface area contributed by atoms with Crippen LogP contribution in [0.4, 0.5) is 0 Å². The van der Waals surface area contributed by atoms with Crippen LogP contribution in [0.2, 0.25) is 0 Å². The number of benzene rings is 7. The van der Waals surface area contributed by atoms with E-state index >= 15 is 0 Å². The van der Waals surface area contributed by atoms with Gasteiger partial charge >= 0.3 is 0 Å². The maximum Gasteiger partial charge on any atom is 0.0788 e. The van der Waals surface area contributed by atoms with Gasteiger partial charge in [-0.05, 0) is 69.6 Å². The Hall–Kier alpha value is -5.60. The number of hydrogen-bond acceptors (Lipinski definition) is 0. The van der Waals surface area contributed by atoms with E-state index in [9.17, 15) is 0 Å². The molecule has 2 aromatic heterocycles. The van der Waals surface area contributed by atoms with Crippen molar-refractivity contribution in [3.63, 3.8) is 0 Å². The lowest BCUT2D eigenvalue weighted by atomic mass is 10.0. The zero-order chi connectivity index (χ0) is 27.6. The molecule has 0 unspecified atom stereocenters. The molecule has 2 nitrogen and oxygen atoms in total. The van der Waals surface area contributed by atoms with Gasteiger partial charge in [0.25, 0.3) is 0 Å². The molecule has 0 spiro atoms. The molecular formula is C40H26N2. The van der Waals surface area contributed by atoms with Crippen molar-refractivity contribution in [2.24, 2.45) is 0 Å². The lowest BCUT2D eigenvalue weighted by Crippen LogP contribution is -1.98. The topological polar surface area (TPSA) is 9.86 Å². The molecule has 0 N–H and O–H groups in total. The zero-order valence-corrected chi connectivity index (χ0v) is 22.9. The molecule has 0 bridgehead atoms. The van der Waals surface area contributed by atoms with Crippen molar-refractivity contribution in [2.45, 2.75) is 0 Å². The standard InChI is InChI=1S/C40H26N2/c1-3-11-27(12-4-1)37-26-41(32-15-5-2-6-16-32)39-36(37)22-21-35-34-17-9-10-18-38(34)42(40(35)39)33-20-19-30-23-28-13-7-8-14-29(28)24-31(30)25-33/h1-26H. The minimum Gasteiger partial charge on any atom is -0.314 e. The molecule has 2 heteroatoms. The Labute approximate surface area is 243 Å². The fourth-order valence-electron chi connectivity index (χ4n) is 6.74. The van der Waals surface area contributed by atoms with Crippen LogP contribution in [0.3, 0.4) is 0 Å². The SMILES string of the molecule is c1ccc(-c2cn(-c3ccccc3)c3c2ccc2c4ccccc4n(-c4ccc5cc6ccccc6cc5c4)c23)cc1. The van der Waals surface area contributed by atoms with E-state index in [4.69, 9.17) is 0 Å². The molecule has 0 aliphatic carbocycles. The monoisotopic (exact) mass is 534 g/mol. The minimum absolute atomic E-state index is 1.15. The second kappa shape index (κ2) is 8.95. The Morgan fingerprint density at radius 1 is 0.381 bits per heavy atom. The smallest absolute Gasteiger partial charge is 0.0788 e. The number of aromatic nitrogens is 2. The van der Waals surface area contributed by atoms with Gasteiger partial charge in [0.1, 0.15) is 0 Å². The van der Waals surface area contributed by atoms with Crippen LogP contribution >= 0.6 is 0 Å². The average Bonchev–Trinajstić information content (AvgIpc) is 3.61. The molecule has 2 heterocycles. The second-order valence-electron chi connectivity index (χ2n) is 11.1. The summed E-state index contributed by atoms with van der Waals surface area (Å²) >= 11 is 0. The molecule has 9 aromatic rings. The van der Waals surface area contributed by atoms with Gasteiger partial charge in [-0.25, -0.2) is 0 Å². The Kier molecular flexibility index (Phi) is 4.93. The van der Waals surface area contributed by atoms with Crippen molar-refractivity contribution in [1.82, 2.24) is 9.13 Å². The predicted molar refractivity (Wildman–Crippen MR) is 178 cm³/mol. The van der Waals surface area contributed by atoms with E-state index in [0.29, 0.717) is 0 Å². The molecule has 0 amide bonds. The van der Waals surface area contributed by atoms with E-state index in [0.717, 1.165) is 5.69 Å². The third kappa shape index (κ3) is 3.39. The fraction of sp³-hybridized carbons (Fsp3) is 0. The summed E-state index contributed by atoms with van der Waals surface area (Å²) < 4.78 is 4.85. The molecule has 42 heavy (non-hydrogen) atoms. The van der Waals surface area contributed by atoms with Crippen molar-refractivity contribution in [2.75, 3.05) is 0 Å². The van der Waals surface area contributed by atoms with Crippen LogP contribution in [0.25, 0.3) is 76.8 Å². The van der Waals surface area contributed by atoms with E-state index in [2.05, 4.69) is 167 Å². The van der Waals surface area contributed by atoms with Gasteiger partial charge in [-0.1, -0.05) is 109 Å². The molecule has 9 rings (SSSR count). The van der Waals surface area contributed by atoms with Gasteiger partial charge in [-0.3, -0.25) is 0 Å². The highest BCUT2D eigenvalue weighted by atomic mass is 15.0. The minimum atomic E-state index is 1.15. The summed E-state index contributed by atoms with van der Waals surface area (Å²) in [4.78, 5) is 0. The second-order valence-corrected chi connectivity index (χ2v) is 11.1. The van der Waals surface area contributed by atoms with Crippen LogP contribution in [0.1, 0.15) is 0 Å². The highest BCUT2D eigenvalue weighted by Gasteiger charge is 2.21. The molecule has 7 aromatic carbocycles. The molecule has 0 aliphatic heterocycles. The normalized spacial score (nSPS) is 11.8. The maximum absolute atomic E-state index is 2.47. The molecule has 196 valence electrons. The van der Waals surface area contributed by atoms with E-state index < -0.39 is 0 Å². The number of fused-ring (bicyclic) bond motifs is 7. The van der Waals surface area contributed by atoms with Crippen LogP contribution in [0, 0.1) is 0 Å². The molecule has 0 fully saturated rings. The summed E-state index contributed by atoms with van der Waals surface area (Å²) in [6, 6.07) is 55.0. The summed E-state index contributed by atoms with van der Waals surface area (Å²) in [6.07, 6.45) is 2.31. The quantitative estimate of drug-likeness (QED) is 0.200. The lowest BCUT2D eigenvalue weighted by Gasteiger charge is -2.13. The van der Waals surface area contributed by atoms with Gasteiger partial charge in [-0.2, -0.15) is 0 Å². The molecule has 0 radical (unpaired) electrons. The van der Waals surface area contributed by atoms with Crippen molar-refractivity contribution in [1.29, 1.82) is 0 Å². The van der Waals surface area contributed by atoms with Gasteiger partial charge in [0.15, 0.2) is 0 Å².